The first kappa shape index (κ1) is 14.1. The molecule has 108 valence electrons. The Hall–Kier alpha value is -0.880. The second-order valence-electron chi connectivity index (χ2n) is 5.20. The van der Waals surface area contributed by atoms with Crippen molar-refractivity contribution in [1.29, 1.82) is 0 Å². The number of hydrogen-bond acceptors (Lipinski definition) is 3. The highest BCUT2D eigenvalue weighted by molar-refractivity contribution is 7.71. The number of halogens is 1. The molecule has 1 unspecified atom stereocenters. The Morgan fingerprint density at radius 2 is 2.15 bits per heavy atom. The zero-order valence-corrected chi connectivity index (χ0v) is 13.0. The van der Waals surface area contributed by atoms with Gasteiger partial charge in [-0.3, -0.25) is 4.90 Å². The molecule has 0 aliphatic carbocycles. The summed E-state index contributed by atoms with van der Waals surface area (Å²) in [4.78, 5) is 5.63. The molecule has 2 heterocycles. The van der Waals surface area contributed by atoms with Crippen molar-refractivity contribution in [2.75, 3.05) is 32.8 Å². The quantitative estimate of drug-likeness (QED) is 0.883. The van der Waals surface area contributed by atoms with Gasteiger partial charge >= 0.3 is 0 Å². The number of benzene rings is 1. The van der Waals surface area contributed by atoms with Crippen molar-refractivity contribution >= 4 is 34.9 Å². The Balaban J connectivity index is 1.91. The van der Waals surface area contributed by atoms with Crippen LogP contribution < -0.4 is 0 Å². The Morgan fingerprint density at radius 1 is 1.40 bits per heavy atom. The molecule has 1 aliphatic heterocycles. The molecular weight excluding hydrogens is 294 g/mol. The fraction of sp³-hybridized carbons (Fsp3) is 0.500. The molecule has 1 aromatic carbocycles. The zero-order valence-electron chi connectivity index (χ0n) is 11.4. The van der Waals surface area contributed by atoms with Gasteiger partial charge in [0.25, 0.3) is 0 Å². The predicted octanol–water partition coefficient (Wildman–Crippen LogP) is 3.25. The lowest BCUT2D eigenvalue weighted by Crippen LogP contribution is -2.39. The third-order valence-electron chi connectivity index (χ3n) is 3.77. The molecule has 4 nitrogen and oxygen atoms in total. The van der Waals surface area contributed by atoms with E-state index in [9.17, 15) is 0 Å². The van der Waals surface area contributed by atoms with E-state index in [2.05, 4.69) is 27.4 Å². The van der Waals surface area contributed by atoms with Gasteiger partial charge in [-0.25, -0.2) is 0 Å². The molecule has 0 spiro atoms. The van der Waals surface area contributed by atoms with Gasteiger partial charge in [0.05, 0.1) is 29.3 Å². The number of fused-ring (bicyclic) bond motifs is 1. The first-order valence-electron chi connectivity index (χ1n) is 6.85. The second kappa shape index (κ2) is 5.85. The molecule has 1 saturated heterocycles. The van der Waals surface area contributed by atoms with E-state index in [0.717, 1.165) is 48.7 Å². The van der Waals surface area contributed by atoms with Gasteiger partial charge in [0, 0.05) is 25.7 Å². The molecule has 1 aromatic heterocycles. The van der Waals surface area contributed by atoms with Gasteiger partial charge in [0.1, 0.15) is 0 Å². The van der Waals surface area contributed by atoms with Crippen LogP contribution in [0.25, 0.3) is 11.0 Å². The summed E-state index contributed by atoms with van der Waals surface area (Å²) in [6.45, 7) is 6.77. The lowest BCUT2D eigenvalue weighted by atomic mass is 10.2. The van der Waals surface area contributed by atoms with Crippen molar-refractivity contribution in [1.82, 2.24) is 14.5 Å². The van der Waals surface area contributed by atoms with Crippen LogP contribution in [0, 0.1) is 4.77 Å². The number of rotatable bonds is 3. The minimum atomic E-state index is 0.299. The van der Waals surface area contributed by atoms with E-state index in [0.29, 0.717) is 11.1 Å². The van der Waals surface area contributed by atoms with E-state index in [-0.39, 0.29) is 0 Å². The summed E-state index contributed by atoms with van der Waals surface area (Å²) >= 11 is 11.7. The van der Waals surface area contributed by atoms with Crippen molar-refractivity contribution in [3.63, 3.8) is 0 Å². The third-order valence-corrected chi connectivity index (χ3v) is 4.38. The topological polar surface area (TPSA) is 33.2 Å². The Labute approximate surface area is 128 Å². The van der Waals surface area contributed by atoms with E-state index < -0.39 is 0 Å². The lowest BCUT2D eigenvalue weighted by molar-refractivity contribution is 0.0327. The molecule has 2 aromatic rings. The second-order valence-corrected chi connectivity index (χ2v) is 5.99. The maximum Gasteiger partial charge on any atom is 0.178 e. The van der Waals surface area contributed by atoms with Crippen LogP contribution in [0.4, 0.5) is 0 Å². The van der Waals surface area contributed by atoms with Gasteiger partial charge in [0.15, 0.2) is 4.77 Å². The van der Waals surface area contributed by atoms with E-state index in [1.807, 2.05) is 12.1 Å². The van der Waals surface area contributed by atoms with Gasteiger partial charge in [-0.05, 0) is 31.3 Å². The molecule has 0 bridgehead atoms. The maximum absolute atomic E-state index is 6.22. The van der Waals surface area contributed by atoms with Gasteiger partial charge in [-0.1, -0.05) is 17.7 Å². The first-order chi connectivity index (χ1) is 9.66. The van der Waals surface area contributed by atoms with Crippen LogP contribution in [0.1, 0.15) is 13.0 Å². The molecule has 1 aliphatic rings. The van der Waals surface area contributed by atoms with E-state index >= 15 is 0 Å². The van der Waals surface area contributed by atoms with Gasteiger partial charge in [-0.15, -0.1) is 0 Å². The van der Waals surface area contributed by atoms with Crippen molar-refractivity contribution in [3.05, 3.63) is 28.0 Å². The fourth-order valence-corrected chi connectivity index (χ4v) is 3.39. The summed E-state index contributed by atoms with van der Waals surface area (Å²) in [6, 6.07) is 6.20. The largest absolute Gasteiger partial charge is 0.379 e. The SMILES string of the molecule is CC(CN1CCOCC1)n1c(=S)[nH]c2c(Cl)cccc21. The average molecular weight is 312 g/mol. The van der Waals surface area contributed by atoms with E-state index in [4.69, 9.17) is 28.6 Å². The fourth-order valence-electron chi connectivity index (χ4n) is 2.79. The van der Waals surface area contributed by atoms with Crippen LogP contribution in [0.3, 0.4) is 0 Å². The first-order valence-corrected chi connectivity index (χ1v) is 7.64. The van der Waals surface area contributed by atoms with Gasteiger partial charge in [0.2, 0.25) is 0 Å². The number of imidazole rings is 1. The molecular formula is C14H18ClN3OS. The molecule has 20 heavy (non-hydrogen) atoms. The maximum atomic E-state index is 6.22. The summed E-state index contributed by atoms with van der Waals surface area (Å²) in [7, 11) is 0. The van der Waals surface area contributed by atoms with Crippen LogP contribution in [-0.2, 0) is 4.74 Å². The monoisotopic (exact) mass is 311 g/mol. The molecule has 3 rings (SSSR count). The van der Waals surface area contributed by atoms with Crippen molar-refractivity contribution in [2.45, 2.75) is 13.0 Å². The Kier molecular flexibility index (Phi) is 4.12. The van der Waals surface area contributed by atoms with Gasteiger partial charge < -0.3 is 14.3 Å². The number of nitrogens with one attached hydrogen (secondary N) is 1. The van der Waals surface area contributed by atoms with Crippen molar-refractivity contribution in [2.24, 2.45) is 0 Å². The normalized spacial score (nSPS) is 18.5. The number of morpholine rings is 1. The number of H-pyrrole nitrogens is 1. The molecule has 1 fully saturated rings. The molecule has 0 amide bonds. The van der Waals surface area contributed by atoms with Crippen LogP contribution in [-0.4, -0.2) is 47.3 Å². The van der Waals surface area contributed by atoms with Crippen LogP contribution >= 0.6 is 23.8 Å². The number of nitrogens with zero attached hydrogens (tertiary/aromatic N) is 2. The Bertz CT molecular complexity index is 660. The number of ether oxygens (including phenoxy) is 1. The zero-order chi connectivity index (χ0) is 14.1. The third kappa shape index (κ3) is 2.63. The van der Waals surface area contributed by atoms with E-state index in [1.54, 1.807) is 0 Å². The molecule has 0 radical (unpaired) electrons. The lowest BCUT2D eigenvalue weighted by Gasteiger charge is -2.29. The standard InChI is InChI=1S/C14H18ClN3OS/c1-10(9-17-5-7-19-8-6-17)18-12-4-2-3-11(15)13(12)16-14(18)20/h2-4,10H,5-9H2,1H3,(H,16,20). The highest BCUT2D eigenvalue weighted by atomic mass is 35.5. The summed E-state index contributed by atoms with van der Waals surface area (Å²) in [5, 5.41) is 0.714. The van der Waals surface area contributed by atoms with Crippen molar-refractivity contribution < 1.29 is 4.74 Å². The van der Waals surface area contributed by atoms with Crippen LogP contribution in [0.15, 0.2) is 18.2 Å². The average Bonchev–Trinajstić information content (AvgIpc) is 2.78. The smallest absolute Gasteiger partial charge is 0.178 e. The summed E-state index contributed by atoms with van der Waals surface area (Å²) in [5.41, 5.74) is 2.00. The number of hydrogen-bond donors (Lipinski definition) is 1. The number of aromatic amines is 1. The van der Waals surface area contributed by atoms with Crippen molar-refractivity contribution in [3.8, 4) is 0 Å². The number of aromatic nitrogens is 2. The molecule has 1 atom stereocenters. The highest BCUT2D eigenvalue weighted by Gasteiger charge is 2.17. The van der Waals surface area contributed by atoms with Crippen LogP contribution in [0.2, 0.25) is 5.02 Å². The highest BCUT2D eigenvalue weighted by Crippen LogP contribution is 2.25. The van der Waals surface area contributed by atoms with E-state index in [1.165, 1.54) is 0 Å². The predicted molar refractivity (Wildman–Crippen MR) is 84.1 cm³/mol. The Morgan fingerprint density at radius 3 is 2.90 bits per heavy atom. The van der Waals surface area contributed by atoms with Crippen LogP contribution in [0.5, 0.6) is 0 Å². The minimum Gasteiger partial charge on any atom is -0.379 e. The molecule has 1 N–H and O–H groups in total. The van der Waals surface area contributed by atoms with Gasteiger partial charge in [-0.2, -0.15) is 0 Å². The molecule has 6 heteroatoms. The summed E-state index contributed by atoms with van der Waals surface area (Å²) in [5.74, 6) is 0. The minimum absolute atomic E-state index is 0.299. The summed E-state index contributed by atoms with van der Waals surface area (Å²) in [6.07, 6.45) is 0. The molecule has 0 saturated carbocycles. The summed E-state index contributed by atoms with van der Waals surface area (Å²) < 4.78 is 8.28. The number of para-hydroxylation sites is 1.